The van der Waals surface area contributed by atoms with Crippen molar-refractivity contribution in [1.29, 1.82) is 0 Å². The Morgan fingerprint density at radius 2 is 0.662 bits per heavy atom. The van der Waals surface area contributed by atoms with Crippen LogP contribution in [-0.2, 0) is 32.7 Å². The molecule has 2 atom stereocenters. The van der Waals surface area contributed by atoms with Crippen molar-refractivity contribution in [3.8, 4) is 0 Å². The molecule has 0 heterocycles. The summed E-state index contributed by atoms with van der Waals surface area (Å²) in [5.41, 5.74) is 0. The lowest BCUT2D eigenvalue weighted by Crippen LogP contribution is -2.37. The molecule has 9 nitrogen and oxygen atoms in total. The van der Waals surface area contributed by atoms with Gasteiger partial charge in [0.1, 0.15) is 19.8 Å². The minimum atomic E-state index is -4.63. The van der Waals surface area contributed by atoms with Crippen LogP contribution in [0.4, 0.5) is 0 Å². The SMILES string of the molecule is CCCCCCCCCC/C=C\CCCCCCCCCCCCCCCCCCCCCCCC(=O)OC(COC(=O)CCCCCCCCCCCCCCCCCCCCCC)COP(=O)([O-])OCC[N+](C)(C)C. The van der Waals surface area contributed by atoms with Gasteiger partial charge in [-0.1, -0.05) is 315 Å². The second kappa shape index (κ2) is 59.4. The summed E-state index contributed by atoms with van der Waals surface area (Å²) < 4.78 is 34.3. The summed E-state index contributed by atoms with van der Waals surface area (Å²) in [4.78, 5) is 38.0. The highest BCUT2D eigenvalue weighted by molar-refractivity contribution is 7.45. The molecule has 0 saturated carbocycles. The van der Waals surface area contributed by atoms with Crippen molar-refractivity contribution in [3.05, 3.63) is 12.2 Å². The largest absolute Gasteiger partial charge is 0.756 e. The second-order valence-corrected chi connectivity index (χ2v) is 26.0. The van der Waals surface area contributed by atoms with E-state index in [0.717, 1.165) is 32.1 Å². The zero-order valence-corrected chi connectivity index (χ0v) is 53.1. The normalized spacial score (nSPS) is 13.2. The number of esters is 2. The first-order chi connectivity index (χ1) is 37.5. The summed E-state index contributed by atoms with van der Waals surface area (Å²) in [6.45, 7) is 4.32. The van der Waals surface area contributed by atoms with Gasteiger partial charge < -0.3 is 27.9 Å². The van der Waals surface area contributed by atoms with Gasteiger partial charge in [-0.25, -0.2) is 0 Å². The number of allylic oxidation sites excluding steroid dienone is 2. The molecule has 0 aromatic rings. The van der Waals surface area contributed by atoms with Crippen LogP contribution in [0, 0.1) is 0 Å². The molecule has 0 aliphatic carbocycles. The third kappa shape index (κ3) is 63.8. The first-order valence-corrected chi connectivity index (χ1v) is 35.4. The molecule has 0 aliphatic rings. The van der Waals surface area contributed by atoms with Gasteiger partial charge in [0.25, 0.3) is 7.82 Å². The first-order valence-electron chi connectivity index (χ1n) is 33.9. The molecule has 0 saturated heterocycles. The van der Waals surface area contributed by atoms with Crippen molar-refractivity contribution < 1.29 is 42.1 Å². The van der Waals surface area contributed by atoms with Gasteiger partial charge in [-0.3, -0.25) is 14.2 Å². The Hall–Kier alpha value is -1.25. The Balaban J connectivity index is 3.97. The maximum atomic E-state index is 12.8. The molecular formula is C67H132NO8P. The van der Waals surface area contributed by atoms with Crippen LogP contribution < -0.4 is 4.89 Å². The van der Waals surface area contributed by atoms with Crippen molar-refractivity contribution >= 4 is 19.8 Å². The lowest BCUT2D eigenvalue weighted by molar-refractivity contribution is -0.870. The Morgan fingerprint density at radius 1 is 0.390 bits per heavy atom. The number of nitrogens with zero attached hydrogens (tertiary/aromatic N) is 1. The molecule has 0 amide bonds. The Morgan fingerprint density at radius 3 is 0.961 bits per heavy atom. The van der Waals surface area contributed by atoms with Crippen molar-refractivity contribution in [2.75, 3.05) is 47.5 Å². The van der Waals surface area contributed by atoms with Crippen LogP contribution in [0.1, 0.15) is 354 Å². The van der Waals surface area contributed by atoms with Gasteiger partial charge in [-0.05, 0) is 38.5 Å². The smallest absolute Gasteiger partial charge is 0.306 e. The summed E-state index contributed by atoms with van der Waals surface area (Å²) in [7, 11) is 1.19. The number of phosphoric acid groups is 1. The van der Waals surface area contributed by atoms with Crippen LogP contribution >= 0.6 is 7.82 Å². The summed E-state index contributed by atoms with van der Waals surface area (Å²) in [6, 6.07) is 0. The van der Waals surface area contributed by atoms with E-state index in [4.69, 9.17) is 18.5 Å². The highest BCUT2D eigenvalue weighted by Gasteiger charge is 2.22. The molecule has 0 aliphatic heterocycles. The van der Waals surface area contributed by atoms with Crippen molar-refractivity contribution in [2.24, 2.45) is 0 Å². The highest BCUT2D eigenvalue weighted by atomic mass is 31.2. The van der Waals surface area contributed by atoms with E-state index < -0.39 is 26.5 Å². The molecule has 0 rings (SSSR count). The number of likely N-dealkylation sites (N-methyl/N-ethyl adjacent to an activating group) is 1. The van der Waals surface area contributed by atoms with E-state index in [2.05, 4.69) is 26.0 Å². The van der Waals surface area contributed by atoms with Crippen molar-refractivity contribution in [2.45, 2.75) is 360 Å². The second-order valence-electron chi connectivity index (χ2n) is 24.6. The molecule has 0 bridgehead atoms. The molecule has 0 aromatic carbocycles. The minimum Gasteiger partial charge on any atom is -0.756 e. The van der Waals surface area contributed by atoms with E-state index in [1.807, 2.05) is 21.1 Å². The number of carbonyl (C=O) groups is 2. The zero-order chi connectivity index (χ0) is 56.3. The number of ether oxygens (including phenoxy) is 2. The average Bonchev–Trinajstić information content (AvgIpc) is 3.39. The number of unbranched alkanes of at least 4 members (excludes halogenated alkanes) is 48. The Bertz CT molecular complexity index is 1300. The third-order valence-electron chi connectivity index (χ3n) is 15.5. The molecule has 458 valence electrons. The van der Waals surface area contributed by atoms with E-state index in [1.165, 1.54) is 289 Å². The number of phosphoric ester groups is 1. The molecule has 0 radical (unpaired) electrons. The molecule has 0 N–H and O–H groups in total. The van der Waals surface area contributed by atoms with E-state index in [1.54, 1.807) is 0 Å². The van der Waals surface area contributed by atoms with Crippen molar-refractivity contribution in [1.82, 2.24) is 0 Å². The lowest BCUT2D eigenvalue weighted by atomic mass is 10.0. The maximum Gasteiger partial charge on any atom is 0.306 e. The third-order valence-corrected chi connectivity index (χ3v) is 16.5. The van der Waals surface area contributed by atoms with Crippen LogP contribution in [0.25, 0.3) is 0 Å². The predicted octanol–water partition coefficient (Wildman–Crippen LogP) is 20.9. The Kier molecular flexibility index (Phi) is 58.4. The maximum absolute atomic E-state index is 12.8. The van der Waals surface area contributed by atoms with Crippen LogP contribution in [0.5, 0.6) is 0 Å². The summed E-state index contributed by atoms with van der Waals surface area (Å²) in [5.74, 6) is -0.808. The number of rotatable bonds is 64. The summed E-state index contributed by atoms with van der Waals surface area (Å²) in [5, 5.41) is 0. The van der Waals surface area contributed by atoms with Gasteiger partial charge in [0.15, 0.2) is 6.10 Å². The van der Waals surface area contributed by atoms with E-state index in [-0.39, 0.29) is 32.0 Å². The molecule has 0 aromatic heterocycles. The van der Waals surface area contributed by atoms with Crippen LogP contribution in [0.2, 0.25) is 0 Å². The summed E-state index contributed by atoms with van der Waals surface area (Å²) in [6.07, 6.45) is 71.5. The van der Waals surface area contributed by atoms with Gasteiger partial charge in [0.2, 0.25) is 0 Å². The monoisotopic (exact) mass is 1110 g/mol. The average molecular weight is 1110 g/mol. The van der Waals surface area contributed by atoms with Crippen molar-refractivity contribution in [3.63, 3.8) is 0 Å². The van der Waals surface area contributed by atoms with Gasteiger partial charge in [0, 0.05) is 12.8 Å². The highest BCUT2D eigenvalue weighted by Crippen LogP contribution is 2.38. The molecule has 77 heavy (non-hydrogen) atoms. The number of hydrogen-bond donors (Lipinski definition) is 0. The zero-order valence-electron chi connectivity index (χ0n) is 52.2. The molecule has 0 fully saturated rings. The topological polar surface area (TPSA) is 111 Å². The quantitative estimate of drug-likeness (QED) is 0.0195. The van der Waals surface area contributed by atoms with E-state index in [0.29, 0.717) is 17.4 Å². The lowest BCUT2D eigenvalue weighted by Gasteiger charge is -2.28. The molecule has 0 spiro atoms. The van der Waals surface area contributed by atoms with E-state index in [9.17, 15) is 19.0 Å². The van der Waals surface area contributed by atoms with Gasteiger partial charge >= 0.3 is 11.9 Å². The summed E-state index contributed by atoms with van der Waals surface area (Å²) >= 11 is 0. The number of carbonyl (C=O) groups excluding carboxylic acids is 2. The minimum absolute atomic E-state index is 0.0258. The fraction of sp³-hybridized carbons (Fsp3) is 0.940. The standard InChI is InChI=1S/C67H132NO8P/c1-6-8-10-12-14-16-18-20-22-24-26-28-29-30-31-32-33-34-35-36-37-38-39-40-42-44-46-48-50-52-54-56-58-60-67(70)76-65(64-75-77(71,72)74-62-61-68(3,4)5)63-73-66(69)59-57-55-53-51-49-47-45-43-41-27-25-23-21-19-17-15-13-11-9-7-2/h24,26,65H,6-23,25,27-64H2,1-5H3/b26-24-. The number of quaternary nitrogens is 1. The van der Waals surface area contributed by atoms with Crippen LogP contribution in [0.15, 0.2) is 12.2 Å². The van der Waals surface area contributed by atoms with Gasteiger partial charge in [0.05, 0.1) is 27.7 Å². The molecule has 10 heteroatoms. The van der Waals surface area contributed by atoms with Gasteiger partial charge in [-0.15, -0.1) is 0 Å². The Labute approximate surface area is 479 Å². The first kappa shape index (κ1) is 75.8. The predicted molar refractivity (Wildman–Crippen MR) is 328 cm³/mol. The number of hydrogen-bond acceptors (Lipinski definition) is 8. The van der Waals surface area contributed by atoms with Gasteiger partial charge in [-0.2, -0.15) is 0 Å². The molecule has 2 unspecified atom stereocenters. The van der Waals surface area contributed by atoms with E-state index >= 15 is 0 Å². The fourth-order valence-electron chi connectivity index (χ4n) is 10.3. The van der Waals surface area contributed by atoms with Crippen LogP contribution in [-0.4, -0.2) is 70.0 Å². The fourth-order valence-corrected chi connectivity index (χ4v) is 11.0. The van der Waals surface area contributed by atoms with Crippen LogP contribution in [0.3, 0.4) is 0 Å². The molecular weight excluding hydrogens is 978 g/mol.